The molecule has 0 saturated heterocycles. The molecule has 2 aromatic carbocycles. The molecular weight excluding hydrogens is 350 g/mol. The first-order chi connectivity index (χ1) is 12.6. The topological polar surface area (TPSA) is 67.2 Å². The number of nitrogens with zero attached hydrogens (tertiary/aromatic N) is 1. The first-order valence-electron chi connectivity index (χ1n) is 8.38. The van der Waals surface area contributed by atoms with Crippen molar-refractivity contribution in [3.8, 4) is 11.5 Å². The lowest BCUT2D eigenvalue weighted by molar-refractivity contribution is 0.240. The minimum atomic E-state index is -0.243. The zero-order valence-electron chi connectivity index (χ0n) is 14.5. The molecule has 0 aliphatic rings. The van der Waals surface area contributed by atoms with Gasteiger partial charge in [0.05, 0.1) is 5.69 Å². The van der Waals surface area contributed by atoms with Crippen LogP contribution in [0.15, 0.2) is 59.2 Å². The Bertz CT molecular complexity index is 875. The molecule has 0 fully saturated rings. The fraction of sp³-hybridized carbons (Fsp3) is 0.200. The van der Waals surface area contributed by atoms with Gasteiger partial charge in [-0.2, -0.15) is 0 Å². The molecule has 26 heavy (non-hydrogen) atoms. The second kappa shape index (κ2) is 8.54. The molecule has 5 nitrogen and oxygen atoms in total. The van der Waals surface area contributed by atoms with Crippen LogP contribution in [-0.4, -0.2) is 17.6 Å². The number of rotatable bonds is 6. The van der Waals surface area contributed by atoms with Crippen molar-refractivity contribution < 1.29 is 9.21 Å². The summed E-state index contributed by atoms with van der Waals surface area (Å²) < 4.78 is 5.51. The average molecular weight is 370 g/mol. The lowest BCUT2D eigenvalue weighted by Crippen LogP contribution is -2.36. The Morgan fingerprint density at radius 1 is 1.12 bits per heavy atom. The number of amides is 2. The highest BCUT2D eigenvalue weighted by Gasteiger charge is 2.07. The van der Waals surface area contributed by atoms with E-state index in [0.29, 0.717) is 30.4 Å². The lowest BCUT2D eigenvalue weighted by Gasteiger charge is -2.08. The van der Waals surface area contributed by atoms with E-state index in [1.54, 1.807) is 12.3 Å². The van der Waals surface area contributed by atoms with E-state index < -0.39 is 0 Å². The summed E-state index contributed by atoms with van der Waals surface area (Å²) in [5.74, 6) is 0.586. The van der Waals surface area contributed by atoms with Gasteiger partial charge in [0.25, 0.3) is 0 Å². The highest BCUT2D eigenvalue weighted by molar-refractivity contribution is 6.31. The van der Waals surface area contributed by atoms with Gasteiger partial charge in [0.15, 0.2) is 0 Å². The molecule has 1 aromatic heterocycles. The van der Waals surface area contributed by atoms with Gasteiger partial charge in [0.1, 0.15) is 6.26 Å². The van der Waals surface area contributed by atoms with E-state index in [-0.39, 0.29) is 6.03 Å². The molecule has 6 heteroatoms. The van der Waals surface area contributed by atoms with Gasteiger partial charge in [-0.05, 0) is 30.7 Å². The summed E-state index contributed by atoms with van der Waals surface area (Å²) in [6, 6.07) is 15.2. The summed E-state index contributed by atoms with van der Waals surface area (Å²) in [7, 11) is 0. The minimum absolute atomic E-state index is 0.243. The van der Waals surface area contributed by atoms with Crippen LogP contribution in [-0.2, 0) is 13.0 Å². The number of hydrogen-bond acceptors (Lipinski definition) is 3. The minimum Gasteiger partial charge on any atom is -0.444 e. The van der Waals surface area contributed by atoms with E-state index in [1.807, 2.05) is 49.4 Å². The summed E-state index contributed by atoms with van der Waals surface area (Å²) in [6.07, 6.45) is 2.22. The molecule has 0 bridgehead atoms. The number of benzene rings is 2. The number of halogens is 1. The Morgan fingerprint density at radius 3 is 2.65 bits per heavy atom. The predicted octanol–water partition coefficient (Wildman–Crippen LogP) is 4.35. The molecule has 0 atom stereocenters. The molecule has 0 aliphatic carbocycles. The van der Waals surface area contributed by atoms with E-state index in [1.165, 1.54) is 5.56 Å². The smallest absolute Gasteiger partial charge is 0.315 e. The SMILES string of the molecule is Cc1ccc(-c2nc(CCNC(=O)NCc3ccccc3Cl)co2)cc1. The summed E-state index contributed by atoms with van der Waals surface area (Å²) in [6.45, 7) is 2.88. The van der Waals surface area contributed by atoms with Gasteiger partial charge in [-0.25, -0.2) is 9.78 Å². The fourth-order valence-corrected chi connectivity index (χ4v) is 2.64. The summed E-state index contributed by atoms with van der Waals surface area (Å²) in [5, 5.41) is 6.22. The normalized spacial score (nSPS) is 10.5. The van der Waals surface area contributed by atoms with E-state index in [4.69, 9.17) is 16.0 Å². The van der Waals surface area contributed by atoms with Crippen LogP contribution < -0.4 is 10.6 Å². The standard InChI is InChI=1S/C20H20ClN3O2/c1-14-6-8-15(9-7-14)19-24-17(13-26-19)10-11-22-20(25)23-12-16-4-2-3-5-18(16)21/h2-9,13H,10-12H2,1H3,(H2,22,23,25). The molecule has 3 aromatic rings. The van der Waals surface area contributed by atoms with Gasteiger partial charge >= 0.3 is 6.03 Å². The maximum Gasteiger partial charge on any atom is 0.315 e. The second-order valence-corrected chi connectivity index (χ2v) is 6.37. The molecule has 3 rings (SSSR count). The Balaban J connectivity index is 1.44. The number of urea groups is 1. The van der Waals surface area contributed by atoms with Gasteiger partial charge in [-0.15, -0.1) is 0 Å². The number of nitrogens with one attached hydrogen (secondary N) is 2. The van der Waals surface area contributed by atoms with E-state index >= 15 is 0 Å². The summed E-state index contributed by atoms with van der Waals surface area (Å²) in [5.41, 5.74) is 3.80. The largest absolute Gasteiger partial charge is 0.444 e. The zero-order valence-corrected chi connectivity index (χ0v) is 15.2. The van der Waals surface area contributed by atoms with E-state index in [9.17, 15) is 4.79 Å². The second-order valence-electron chi connectivity index (χ2n) is 5.96. The van der Waals surface area contributed by atoms with Crippen molar-refractivity contribution >= 4 is 17.6 Å². The van der Waals surface area contributed by atoms with Gasteiger partial charge in [-0.1, -0.05) is 47.5 Å². The van der Waals surface area contributed by atoms with Crippen molar-refractivity contribution in [2.75, 3.05) is 6.54 Å². The average Bonchev–Trinajstić information content (AvgIpc) is 3.10. The van der Waals surface area contributed by atoms with Crippen molar-refractivity contribution in [1.82, 2.24) is 15.6 Å². The summed E-state index contributed by atoms with van der Waals surface area (Å²) in [4.78, 5) is 16.3. The third-order valence-electron chi connectivity index (χ3n) is 3.91. The number of hydrogen-bond donors (Lipinski definition) is 2. The van der Waals surface area contributed by atoms with Gasteiger partial charge in [0.2, 0.25) is 5.89 Å². The van der Waals surface area contributed by atoms with Crippen molar-refractivity contribution in [2.45, 2.75) is 19.9 Å². The van der Waals surface area contributed by atoms with Crippen molar-refractivity contribution in [3.63, 3.8) is 0 Å². The third-order valence-corrected chi connectivity index (χ3v) is 4.28. The quantitative estimate of drug-likeness (QED) is 0.679. The van der Waals surface area contributed by atoms with Crippen LogP contribution in [0.2, 0.25) is 5.02 Å². The number of carbonyl (C=O) groups is 1. The van der Waals surface area contributed by atoms with Crippen LogP contribution in [0.4, 0.5) is 4.79 Å². The highest BCUT2D eigenvalue weighted by Crippen LogP contribution is 2.19. The molecule has 0 spiro atoms. The molecule has 2 amide bonds. The number of carbonyl (C=O) groups excluding carboxylic acids is 1. The van der Waals surface area contributed by atoms with Crippen LogP contribution >= 0.6 is 11.6 Å². The Kier molecular flexibility index (Phi) is 5.92. The van der Waals surface area contributed by atoms with Crippen LogP contribution in [0, 0.1) is 6.92 Å². The molecule has 0 saturated carbocycles. The molecule has 2 N–H and O–H groups in total. The molecule has 0 unspecified atom stereocenters. The Hall–Kier alpha value is -2.79. The zero-order chi connectivity index (χ0) is 18.4. The van der Waals surface area contributed by atoms with Gasteiger partial charge in [-0.3, -0.25) is 0 Å². The monoisotopic (exact) mass is 369 g/mol. The number of aromatic nitrogens is 1. The Labute approximate surface area is 157 Å². The van der Waals surface area contributed by atoms with Crippen LogP contribution in [0.1, 0.15) is 16.8 Å². The molecule has 0 radical (unpaired) electrons. The third kappa shape index (κ3) is 4.86. The Morgan fingerprint density at radius 2 is 1.88 bits per heavy atom. The summed E-state index contributed by atoms with van der Waals surface area (Å²) >= 11 is 6.06. The number of oxazole rings is 1. The lowest BCUT2D eigenvalue weighted by atomic mass is 10.1. The van der Waals surface area contributed by atoms with Crippen molar-refractivity contribution in [1.29, 1.82) is 0 Å². The predicted molar refractivity (Wildman–Crippen MR) is 102 cm³/mol. The molecule has 134 valence electrons. The maximum absolute atomic E-state index is 11.9. The van der Waals surface area contributed by atoms with Crippen LogP contribution in [0.3, 0.4) is 0 Å². The van der Waals surface area contributed by atoms with Crippen LogP contribution in [0.5, 0.6) is 0 Å². The van der Waals surface area contributed by atoms with E-state index in [2.05, 4.69) is 15.6 Å². The number of aryl methyl sites for hydroxylation is 1. The van der Waals surface area contributed by atoms with Gasteiger partial charge in [0, 0.05) is 30.1 Å². The molecular formula is C20H20ClN3O2. The first-order valence-corrected chi connectivity index (χ1v) is 8.76. The van der Waals surface area contributed by atoms with Gasteiger partial charge < -0.3 is 15.1 Å². The first kappa shape index (κ1) is 18.0. The van der Waals surface area contributed by atoms with E-state index in [0.717, 1.165) is 16.8 Å². The van der Waals surface area contributed by atoms with Crippen molar-refractivity contribution in [3.05, 3.63) is 76.6 Å². The highest BCUT2D eigenvalue weighted by atomic mass is 35.5. The molecule has 0 aliphatic heterocycles. The fourth-order valence-electron chi connectivity index (χ4n) is 2.43. The molecule has 1 heterocycles. The maximum atomic E-state index is 11.9. The van der Waals surface area contributed by atoms with Crippen LogP contribution in [0.25, 0.3) is 11.5 Å². The van der Waals surface area contributed by atoms with Crippen molar-refractivity contribution in [2.24, 2.45) is 0 Å².